The number of methoxy groups -OCH3 is 1. The van der Waals surface area contributed by atoms with Crippen molar-refractivity contribution in [3.05, 3.63) is 28.8 Å². The molecule has 1 aliphatic rings. The van der Waals surface area contributed by atoms with Gasteiger partial charge in [0.1, 0.15) is 0 Å². The molecule has 0 aromatic heterocycles. The maximum absolute atomic E-state index is 6.34. The fraction of sp³-hybridized carbons (Fsp3) is 0.600. The van der Waals surface area contributed by atoms with E-state index in [9.17, 15) is 0 Å². The highest BCUT2D eigenvalue weighted by molar-refractivity contribution is 7.99. The summed E-state index contributed by atoms with van der Waals surface area (Å²) in [6, 6.07) is 6.28. The minimum atomic E-state index is 0.395. The van der Waals surface area contributed by atoms with Gasteiger partial charge < -0.3 is 14.8 Å². The lowest BCUT2D eigenvalue weighted by molar-refractivity contribution is 0.129. The molecule has 1 heterocycles. The highest BCUT2D eigenvalue weighted by Gasteiger charge is 2.16. The van der Waals surface area contributed by atoms with Crippen molar-refractivity contribution in [2.75, 3.05) is 32.6 Å². The van der Waals surface area contributed by atoms with Crippen molar-refractivity contribution in [3.63, 3.8) is 0 Å². The Balaban J connectivity index is 1.78. The van der Waals surface area contributed by atoms with E-state index in [1.54, 1.807) is 18.9 Å². The molecule has 1 N–H and O–H groups in total. The van der Waals surface area contributed by atoms with E-state index >= 15 is 0 Å². The Hall–Kier alpha value is -0.260. The van der Waals surface area contributed by atoms with Gasteiger partial charge in [-0.2, -0.15) is 0 Å². The van der Waals surface area contributed by atoms with Gasteiger partial charge in [-0.3, -0.25) is 0 Å². The first-order valence-electron chi connectivity index (χ1n) is 7.02. The molecule has 1 aliphatic heterocycles. The average molecular weight is 316 g/mol. The standard InChI is InChI=1S/C15H22ClNO2S/c1-18-8-6-17-10-12-4-5-15(14(16)9-12)20-11-13-3-2-7-19-13/h4-5,9,13,17H,2-3,6-8,10-11H2,1H3. The summed E-state index contributed by atoms with van der Waals surface area (Å²) in [4.78, 5) is 1.14. The van der Waals surface area contributed by atoms with Crippen LogP contribution in [0, 0.1) is 0 Å². The van der Waals surface area contributed by atoms with Crippen molar-refractivity contribution in [1.29, 1.82) is 0 Å². The van der Waals surface area contributed by atoms with Gasteiger partial charge in [-0.15, -0.1) is 11.8 Å². The quantitative estimate of drug-likeness (QED) is 0.589. The molecular formula is C15H22ClNO2S. The van der Waals surface area contributed by atoms with Gasteiger partial charge in [0.05, 0.1) is 17.7 Å². The van der Waals surface area contributed by atoms with Crippen LogP contribution in [-0.4, -0.2) is 38.7 Å². The van der Waals surface area contributed by atoms with Gasteiger partial charge in [-0.05, 0) is 30.5 Å². The molecule has 1 saturated heterocycles. The van der Waals surface area contributed by atoms with Gasteiger partial charge in [0.2, 0.25) is 0 Å². The topological polar surface area (TPSA) is 30.5 Å². The van der Waals surface area contributed by atoms with Gasteiger partial charge >= 0.3 is 0 Å². The summed E-state index contributed by atoms with van der Waals surface area (Å²) in [6.07, 6.45) is 2.75. The Morgan fingerprint density at radius 3 is 3.10 bits per heavy atom. The summed E-state index contributed by atoms with van der Waals surface area (Å²) in [7, 11) is 1.71. The van der Waals surface area contributed by atoms with Gasteiger partial charge in [0, 0.05) is 37.5 Å². The zero-order valence-corrected chi connectivity index (χ0v) is 13.4. The number of nitrogens with one attached hydrogen (secondary N) is 1. The Morgan fingerprint density at radius 2 is 2.40 bits per heavy atom. The Morgan fingerprint density at radius 1 is 1.50 bits per heavy atom. The van der Waals surface area contributed by atoms with Crippen molar-refractivity contribution < 1.29 is 9.47 Å². The van der Waals surface area contributed by atoms with Crippen LogP contribution in [0.15, 0.2) is 23.1 Å². The van der Waals surface area contributed by atoms with Gasteiger partial charge in [-0.25, -0.2) is 0 Å². The smallest absolute Gasteiger partial charge is 0.0669 e. The van der Waals surface area contributed by atoms with Crippen molar-refractivity contribution >= 4 is 23.4 Å². The summed E-state index contributed by atoms with van der Waals surface area (Å²) in [5.74, 6) is 0.991. The maximum Gasteiger partial charge on any atom is 0.0669 e. The van der Waals surface area contributed by atoms with Crippen molar-refractivity contribution in [2.45, 2.75) is 30.4 Å². The Bertz CT molecular complexity index is 411. The van der Waals surface area contributed by atoms with Gasteiger partial charge in [0.25, 0.3) is 0 Å². The molecule has 2 rings (SSSR count). The fourth-order valence-corrected chi connectivity index (χ4v) is 3.49. The summed E-state index contributed by atoms with van der Waals surface area (Å²) >= 11 is 8.13. The number of rotatable bonds is 8. The second kappa shape index (κ2) is 8.90. The SMILES string of the molecule is COCCNCc1ccc(SCC2CCCO2)c(Cl)c1. The lowest BCUT2D eigenvalue weighted by Crippen LogP contribution is -2.18. The largest absolute Gasteiger partial charge is 0.383 e. The van der Waals surface area contributed by atoms with Crippen LogP contribution in [0.1, 0.15) is 18.4 Å². The zero-order valence-electron chi connectivity index (χ0n) is 11.9. The van der Waals surface area contributed by atoms with Crippen molar-refractivity contribution in [1.82, 2.24) is 5.32 Å². The Labute approximate surface area is 130 Å². The zero-order chi connectivity index (χ0) is 14.2. The van der Waals surface area contributed by atoms with E-state index < -0.39 is 0 Å². The molecule has 1 aromatic rings. The first-order chi connectivity index (χ1) is 9.79. The van der Waals surface area contributed by atoms with Gasteiger partial charge in [-0.1, -0.05) is 17.7 Å². The number of benzene rings is 1. The molecule has 112 valence electrons. The van der Waals surface area contributed by atoms with Crippen LogP contribution >= 0.6 is 23.4 Å². The third-order valence-electron chi connectivity index (χ3n) is 3.26. The average Bonchev–Trinajstić information content (AvgIpc) is 2.96. The highest BCUT2D eigenvalue weighted by Crippen LogP contribution is 2.30. The predicted molar refractivity (Wildman–Crippen MR) is 84.7 cm³/mol. The van der Waals surface area contributed by atoms with Gasteiger partial charge in [0.15, 0.2) is 0 Å². The first-order valence-corrected chi connectivity index (χ1v) is 8.38. The molecule has 1 atom stereocenters. The second-order valence-electron chi connectivity index (χ2n) is 4.88. The first kappa shape index (κ1) is 16.1. The lowest BCUT2D eigenvalue weighted by Gasteiger charge is -2.11. The maximum atomic E-state index is 6.34. The number of hydrogen-bond acceptors (Lipinski definition) is 4. The van der Waals surface area contributed by atoms with E-state index in [1.165, 1.54) is 18.4 Å². The molecule has 0 bridgehead atoms. The van der Waals surface area contributed by atoms with Crippen LogP contribution in [0.2, 0.25) is 5.02 Å². The molecule has 0 aliphatic carbocycles. The summed E-state index contributed by atoms with van der Waals surface area (Å²) in [5, 5.41) is 4.15. The fourth-order valence-electron chi connectivity index (χ4n) is 2.14. The van der Waals surface area contributed by atoms with E-state index in [-0.39, 0.29) is 0 Å². The summed E-state index contributed by atoms with van der Waals surface area (Å²) < 4.78 is 10.6. The molecule has 0 radical (unpaired) electrons. The molecular weight excluding hydrogens is 294 g/mol. The van der Waals surface area contributed by atoms with Crippen LogP contribution in [-0.2, 0) is 16.0 Å². The molecule has 1 fully saturated rings. The number of halogens is 1. The number of hydrogen-bond donors (Lipinski definition) is 1. The minimum Gasteiger partial charge on any atom is -0.383 e. The molecule has 0 saturated carbocycles. The third kappa shape index (κ3) is 5.26. The monoisotopic (exact) mass is 315 g/mol. The molecule has 20 heavy (non-hydrogen) atoms. The molecule has 3 nitrogen and oxygen atoms in total. The Kier molecular flexibility index (Phi) is 7.17. The van der Waals surface area contributed by atoms with Crippen molar-refractivity contribution in [2.24, 2.45) is 0 Å². The van der Waals surface area contributed by atoms with Crippen molar-refractivity contribution in [3.8, 4) is 0 Å². The van der Waals surface area contributed by atoms with E-state index in [4.69, 9.17) is 21.1 Å². The van der Waals surface area contributed by atoms with E-state index in [1.807, 2.05) is 6.07 Å². The van der Waals surface area contributed by atoms with Crippen LogP contribution in [0.4, 0.5) is 0 Å². The van der Waals surface area contributed by atoms with E-state index in [0.717, 1.165) is 42.0 Å². The molecule has 0 spiro atoms. The van der Waals surface area contributed by atoms with Crippen LogP contribution in [0.5, 0.6) is 0 Å². The van der Waals surface area contributed by atoms with E-state index in [2.05, 4.69) is 17.4 Å². The summed E-state index contributed by atoms with van der Waals surface area (Å²) in [5.41, 5.74) is 1.20. The third-order valence-corrected chi connectivity index (χ3v) is 4.89. The highest BCUT2D eigenvalue weighted by atomic mass is 35.5. The minimum absolute atomic E-state index is 0.395. The predicted octanol–water partition coefficient (Wildman–Crippen LogP) is 3.35. The number of ether oxygens (including phenoxy) is 2. The van der Waals surface area contributed by atoms with E-state index in [0.29, 0.717) is 6.10 Å². The molecule has 0 amide bonds. The van der Waals surface area contributed by atoms with Crippen LogP contribution < -0.4 is 5.32 Å². The molecule has 5 heteroatoms. The lowest BCUT2D eigenvalue weighted by atomic mass is 10.2. The summed E-state index contributed by atoms with van der Waals surface area (Å²) in [6.45, 7) is 3.30. The second-order valence-corrected chi connectivity index (χ2v) is 6.35. The molecule has 1 unspecified atom stereocenters. The van der Waals surface area contributed by atoms with Crippen LogP contribution in [0.3, 0.4) is 0 Å². The normalized spacial score (nSPS) is 18.6. The number of thioether (sulfide) groups is 1. The molecule has 1 aromatic carbocycles. The van der Waals surface area contributed by atoms with Crippen LogP contribution in [0.25, 0.3) is 0 Å².